The minimum absolute atomic E-state index is 0.274. The van der Waals surface area contributed by atoms with E-state index in [-0.39, 0.29) is 11.9 Å². The van der Waals surface area contributed by atoms with Crippen molar-refractivity contribution in [1.82, 2.24) is 10.6 Å². The zero-order chi connectivity index (χ0) is 17.7. The largest absolute Gasteiger partial charge is 0.493 e. The lowest BCUT2D eigenvalue weighted by atomic mass is 10.1. The Kier molecular flexibility index (Phi) is 5.64. The van der Waals surface area contributed by atoms with Crippen molar-refractivity contribution in [3.05, 3.63) is 29.8 Å². The van der Waals surface area contributed by atoms with E-state index in [4.69, 9.17) is 9.47 Å². The molecule has 0 spiro atoms. The normalized spacial score (nSPS) is 10.0. The van der Waals surface area contributed by atoms with Gasteiger partial charge < -0.3 is 20.1 Å². The SMILES string of the molecule is CNC(=O)Nc1sc(-c2ccc(OC)c(OC)c2)cc1C(=O)NC. The number of methoxy groups -OCH3 is 2. The van der Waals surface area contributed by atoms with Crippen LogP contribution in [0.5, 0.6) is 11.5 Å². The molecule has 0 aliphatic carbocycles. The number of amides is 3. The molecular weight excluding hydrogens is 330 g/mol. The van der Waals surface area contributed by atoms with Crippen LogP contribution in [0.4, 0.5) is 9.80 Å². The van der Waals surface area contributed by atoms with Crippen molar-refractivity contribution < 1.29 is 19.1 Å². The molecule has 2 rings (SSSR count). The van der Waals surface area contributed by atoms with Gasteiger partial charge in [-0.25, -0.2) is 4.79 Å². The standard InChI is InChI=1S/C16H19N3O4S/c1-17-14(20)10-8-13(24-15(10)19-16(21)18-2)9-5-6-11(22-3)12(7-9)23-4/h5-8H,1-4H3,(H,17,20)(H2,18,19,21). The molecule has 24 heavy (non-hydrogen) atoms. The highest BCUT2D eigenvalue weighted by Crippen LogP contribution is 2.39. The van der Waals surface area contributed by atoms with E-state index in [1.165, 1.54) is 18.4 Å². The first kappa shape index (κ1) is 17.6. The maximum Gasteiger partial charge on any atom is 0.319 e. The average molecular weight is 349 g/mol. The van der Waals surface area contributed by atoms with E-state index >= 15 is 0 Å². The molecule has 0 saturated heterocycles. The molecule has 8 heteroatoms. The van der Waals surface area contributed by atoms with Crippen LogP contribution in [-0.4, -0.2) is 40.3 Å². The molecule has 2 aromatic rings. The van der Waals surface area contributed by atoms with Gasteiger partial charge in [0.05, 0.1) is 19.8 Å². The minimum atomic E-state index is -0.388. The third-order valence-electron chi connectivity index (χ3n) is 3.33. The fourth-order valence-corrected chi connectivity index (χ4v) is 3.13. The smallest absolute Gasteiger partial charge is 0.319 e. The van der Waals surface area contributed by atoms with E-state index in [0.29, 0.717) is 22.1 Å². The zero-order valence-electron chi connectivity index (χ0n) is 13.9. The molecule has 128 valence electrons. The quantitative estimate of drug-likeness (QED) is 0.774. The van der Waals surface area contributed by atoms with E-state index in [0.717, 1.165) is 10.4 Å². The third kappa shape index (κ3) is 3.60. The van der Waals surface area contributed by atoms with Crippen LogP contribution >= 0.6 is 11.3 Å². The van der Waals surface area contributed by atoms with Crippen LogP contribution in [0.2, 0.25) is 0 Å². The van der Waals surface area contributed by atoms with Gasteiger partial charge in [-0.05, 0) is 29.8 Å². The first-order chi connectivity index (χ1) is 11.5. The summed E-state index contributed by atoms with van der Waals surface area (Å²) in [5, 5.41) is 8.18. The number of hydrogen-bond acceptors (Lipinski definition) is 5. The summed E-state index contributed by atoms with van der Waals surface area (Å²) in [4.78, 5) is 24.5. The zero-order valence-corrected chi connectivity index (χ0v) is 14.7. The fraction of sp³-hybridized carbons (Fsp3) is 0.250. The van der Waals surface area contributed by atoms with Crippen molar-refractivity contribution in [1.29, 1.82) is 0 Å². The Morgan fingerprint density at radius 1 is 1.00 bits per heavy atom. The maximum absolute atomic E-state index is 12.1. The van der Waals surface area contributed by atoms with Gasteiger partial charge in [-0.15, -0.1) is 11.3 Å². The molecule has 0 bridgehead atoms. The first-order valence-corrected chi connectivity index (χ1v) is 7.92. The van der Waals surface area contributed by atoms with E-state index < -0.39 is 0 Å². The third-order valence-corrected chi connectivity index (χ3v) is 4.43. The summed E-state index contributed by atoms with van der Waals surface area (Å²) in [5.74, 6) is 0.933. The highest BCUT2D eigenvalue weighted by Gasteiger charge is 2.18. The molecule has 1 aromatic heterocycles. The Hall–Kier alpha value is -2.74. The molecule has 1 aromatic carbocycles. The van der Waals surface area contributed by atoms with Gasteiger partial charge in [0, 0.05) is 19.0 Å². The molecule has 0 radical (unpaired) electrons. The Morgan fingerprint density at radius 2 is 1.71 bits per heavy atom. The second-order valence-corrected chi connectivity index (χ2v) is 5.76. The number of carbonyl (C=O) groups is 2. The van der Waals surface area contributed by atoms with Gasteiger partial charge >= 0.3 is 6.03 Å². The van der Waals surface area contributed by atoms with Crippen LogP contribution in [0, 0.1) is 0 Å². The Morgan fingerprint density at radius 3 is 2.29 bits per heavy atom. The van der Waals surface area contributed by atoms with Gasteiger partial charge in [-0.3, -0.25) is 10.1 Å². The Labute approximate surface area is 144 Å². The molecule has 1 heterocycles. The molecular formula is C16H19N3O4S. The monoisotopic (exact) mass is 349 g/mol. The number of ether oxygens (including phenoxy) is 2. The Bertz CT molecular complexity index is 758. The number of benzene rings is 1. The summed E-state index contributed by atoms with van der Waals surface area (Å²) in [6.45, 7) is 0. The summed E-state index contributed by atoms with van der Waals surface area (Å²) in [6, 6.07) is 6.82. The van der Waals surface area contributed by atoms with Crippen molar-refractivity contribution in [3.63, 3.8) is 0 Å². The maximum atomic E-state index is 12.1. The van der Waals surface area contributed by atoms with Gasteiger partial charge in [0.1, 0.15) is 5.00 Å². The number of thiophene rings is 1. The predicted octanol–water partition coefficient (Wildman–Crippen LogP) is 2.54. The molecule has 0 fully saturated rings. The topological polar surface area (TPSA) is 88.7 Å². The molecule has 3 amide bonds. The number of rotatable bonds is 5. The van der Waals surface area contributed by atoms with E-state index in [1.807, 2.05) is 12.1 Å². The molecule has 0 atom stereocenters. The van der Waals surface area contributed by atoms with Crippen molar-refractivity contribution in [2.75, 3.05) is 33.6 Å². The second-order valence-electron chi connectivity index (χ2n) is 4.71. The van der Waals surface area contributed by atoms with Gasteiger partial charge in [-0.1, -0.05) is 0 Å². The van der Waals surface area contributed by atoms with Crippen LogP contribution in [0.1, 0.15) is 10.4 Å². The summed E-state index contributed by atoms with van der Waals surface area (Å²) in [5.41, 5.74) is 1.25. The van der Waals surface area contributed by atoms with Crippen LogP contribution in [0.15, 0.2) is 24.3 Å². The summed E-state index contributed by atoms with van der Waals surface area (Å²) >= 11 is 1.30. The van der Waals surface area contributed by atoms with E-state index in [1.54, 1.807) is 33.4 Å². The second kappa shape index (κ2) is 7.69. The number of carbonyl (C=O) groups excluding carboxylic acids is 2. The van der Waals surface area contributed by atoms with Gasteiger partial charge in [0.2, 0.25) is 0 Å². The van der Waals surface area contributed by atoms with Crippen molar-refractivity contribution in [2.24, 2.45) is 0 Å². The molecule has 0 aliphatic heterocycles. The summed E-state index contributed by atoms with van der Waals surface area (Å²) < 4.78 is 10.5. The van der Waals surface area contributed by atoms with Gasteiger partial charge in [0.25, 0.3) is 5.91 Å². The number of anilines is 1. The lowest BCUT2D eigenvalue weighted by Crippen LogP contribution is -2.26. The molecule has 0 aliphatic rings. The predicted molar refractivity (Wildman–Crippen MR) is 94.3 cm³/mol. The molecule has 0 saturated carbocycles. The number of hydrogen-bond donors (Lipinski definition) is 3. The molecule has 7 nitrogen and oxygen atoms in total. The van der Waals surface area contributed by atoms with Crippen molar-refractivity contribution >= 4 is 28.3 Å². The first-order valence-electron chi connectivity index (χ1n) is 7.11. The molecule has 0 unspecified atom stereocenters. The van der Waals surface area contributed by atoms with Crippen LogP contribution in [0.3, 0.4) is 0 Å². The lowest BCUT2D eigenvalue weighted by molar-refractivity contribution is 0.0964. The van der Waals surface area contributed by atoms with Crippen LogP contribution in [-0.2, 0) is 0 Å². The number of urea groups is 1. The van der Waals surface area contributed by atoms with Crippen molar-refractivity contribution in [3.8, 4) is 21.9 Å². The Balaban J connectivity index is 2.47. The minimum Gasteiger partial charge on any atom is -0.493 e. The average Bonchev–Trinajstić information content (AvgIpc) is 3.03. The van der Waals surface area contributed by atoms with Gasteiger partial charge in [0.15, 0.2) is 11.5 Å². The summed E-state index contributed by atoms with van der Waals surface area (Å²) in [6.07, 6.45) is 0. The lowest BCUT2D eigenvalue weighted by Gasteiger charge is -2.08. The fourth-order valence-electron chi connectivity index (χ4n) is 2.08. The molecule has 3 N–H and O–H groups in total. The van der Waals surface area contributed by atoms with Crippen LogP contribution in [0.25, 0.3) is 10.4 Å². The van der Waals surface area contributed by atoms with Crippen LogP contribution < -0.4 is 25.4 Å². The summed E-state index contributed by atoms with van der Waals surface area (Å²) in [7, 11) is 6.18. The highest BCUT2D eigenvalue weighted by atomic mass is 32.1. The van der Waals surface area contributed by atoms with E-state index in [2.05, 4.69) is 16.0 Å². The highest BCUT2D eigenvalue weighted by molar-refractivity contribution is 7.20. The van der Waals surface area contributed by atoms with Gasteiger partial charge in [-0.2, -0.15) is 0 Å². The van der Waals surface area contributed by atoms with E-state index in [9.17, 15) is 9.59 Å². The van der Waals surface area contributed by atoms with Crippen molar-refractivity contribution in [2.45, 2.75) is 0 Å². The number of nitrogens with one attached hydrogen (secondary N) is 3.